The van der Waals surface area contributed by atoms with Crippen LogP contribution in [0, 0.1) is 6.92 Å². The maximum atomic E-state index is 4.82. The third-order valence-electron chi connectivity index (χ3n) is 4.81. The number of hydrogen-bond donors (Lipinski definition) is 0. The summed E-state index contributed by atoms with van der Waals surface area (Å²) in [5.41, 5.74) is 4.66. The number of aromatic nitrogens is 4. The van der Waals surface area contributed by atoms with Crippen molar-refractivity contribution in [2.75, 3.05) is 0 Å². The zero-order valence-corrected chi connectivity index (χ0v) is 17.2. The maximum Gasteiger partial charge on any atom is 0.196 e. The summed E-state index contributed by atoms with van der Waals surface area (Å²) in [6.07, 6.45) is 2.42. The van der Waals surface area contributed by atoms with Crippen LogP contribution in [0.25, 0.3) is 16.3 Å². The quantitative estimate of drug-likeness (QED) is 0.377. The Kier molecular flexibility index (Phi) is 4.74. The van der Waals surface area contributed by atoms with Gasteiger partial charge in [-0.2, -0.15) is 0 Å². The van der Waals surface area contributed by atoms with Gasteiger partial charge < -0.3 is 0 Å². The van der Waals surface area contributed by atoms with Crippen molar-refractivity contribution >= 4 is 23.1 Å². The smallest absolute Gasteiger partial charge is 0.196 e. The van der Waals surface area contributed by atoms with Crippen molar-refractivity contribution in [2.24, 2.45) is 0 Å². The van der Waals surface area contributed by atoms with E-state index in [2.05, 4.69) is 75.6 Å². The molecule has 2 aromatic carbocycles. The van der Waals surface area contributed by atoms with E-state index < -0.39 is 0 Å². The fourth-order valence-corrected chi connectivity index (χ4v) is 4.92. The summed E-state index contributed by atoms with van der Waals surface area (Å²) < 4.78 is 2.22. The molecule has 0 spiro atoms. The fourth-order valence-electron chi connectivity index (χ4n) is 3.14. The van der Waals surface area contributed by atoms with Crippen LogP contribution >= 0.6 is 23.1 Å². The molecule has 0 aliphatic heterocycles. The molecule has 1 fully saturated rings. The van der Waals surface area contributed by atoms with Gasteiger partial charge in [0.1, 0.15) is 10.8 Å². The summed E-state index contributed by atoms with van der Waals surface area (Å²) in [6.45, 7) is 2.10. The molecule has 0 radical (unpaired) electrons. The first-order valence-corrected chi connectivity index (χ1v) is 11.3. The van der Waals surface area contributed by atoms with Crippen LogP contribution in [0.15, 0.2) is 65.1 Å². The molecular formula is C22H20N4S2. The lowest BCUT2D eigenvalue weighted by molar-refractivity contribution is 0.829. The Morgan fingerprint density at radius 2 is 1.82 bits per heavy atom. The molecule has 0 bridgehead atoms. The molecule has 0 saturated heterocycles. The van der Waals surface area contributed by atoms with Gasteiger partial charge in [-0.15, -0.1) is 21.5 Å². The standard InChI is InChI=1S/C22H20N4S2/c1-15-7-9-17(10-8-15)21-23-18(13-27-21)14-28-22-25-24-20(16-11-12-16)26(22)19-5-3-2-4-6-19/h2-10,13,16H,11-12,14H2,1H3. The molecule has 0 N–H and O–H groups in total. The van der Waals surface area contributed by atoms with E-state index in [1.807, 2.05) is 6.07 Å². The molecule has 1 saturated carbocycles. The molecule has 0 atom stereocenters. The third kappa shape index (κ3) is 3.62. The van der Waals surface area contributed by atoms with Gasteiger partial charge in [0.05, 0.1) is 5.69 Å². The minimum Gasteiger partial charge on any atom is -0.274 e. The summed E-state index contributed by atoms with van der Waals surface area (Å²) in [4.78, 5) is 4.82. The van der Waals surface area contributed by atoms with Gasteiger partial charge in [0.2, 0.25) is 0 Å². The van der Waals surface area contributed by atoms with Crippen molar-refractivity contribution in [3.8, 4) is 16.3 Å². The minimum absolute atomic E-state index is 0.550. The van der Waals surface area contributed by atoms with Crippen LogP contribution in [-0.2, 0) is 5.75 Å². The van der Waals surface area contributed by atoms with E-state index in [-0.39, 0.29) is 0 Å². The summed E-state index contributed by atoms with van der Waals surface area (Å²) in [5, 5.41) is 13.2. The molecule has 4 aromatic rings. The van der Waals surface area contributed by atoms with Crippen LogP contribution in [-0.4, -0.2) is 19.7 Å². The SMILES string of the molecule is Cc1ccc(-c2nc(CSc3nnc(C4CC4)n3-c3ccccc3)cs2)cc1. The number of thiazole rings is 1. The summed E-state index contributed by atoms with van der Waals surface area (Å²) in [7, 11) is 0. The molecule has 0 amide bonds. The highest BCUT2D eigenvalue weighted by Crippen LogP contribution is 2.41. The van der Waals surface area contributed by atoms with Gasteiger partial charge in [-0.3, -0.25) is 4.57 Å². The molecule has 0 unspecified atom stereocenters. The number of rotatable bonds is 6. The number of benzene rings is 2. The Morgan fingerprint density at radius 1 is 1.04 bits per heavy atom. The predicted molar refractivity (Wildman–Crippen MR) is 115 cm³/mol. The lowest BCUT2D eigenvalue weighted by Gasteiger charge is -2.09. The molecule has 2 heterocycles. The van der Waals surface area contributed by atoms with Crippen molar-refractivity contribution < 1.29 is 0 Å². The second-order valence-electron chi connectivity index (χ2n) is 7.08. The lowest BCUT2D eigenvalue weighted by Crippen LogP contribution is -2.01. The molecule has 6 heteroatoms. The van der Waals surface area contributed by atoms with Gasteiger partial charge >= 0.3 is 0 Å². The Bertz CT molecular complexity index is 1080. The van der Waals surface area contributed by atoms with E-state index in [1.165, 1.54) is 24.0 Å². The van der Waals surface area contributed by atoms with Crippen molar-refractivity contribution in [3.05, 3.63) is 77.1 Å². The molecule has 140 valence electrons. The topological polar surface area (TPSA) is 43.6 Å². The van der Waals surface area contributed by atoms with Crippen LogP contribution in [0.1, 0.15) is 35.8 Å². The molecular weight excluding hydrogens is 384 g/mol. The number of thioether (sulfide) groups is 1. The Balaban J connectivity index is 1.37. The number of nitrogens with zero attached hydrogens (tertiary/aromatic N) is 4. The minimum atomic E-state index is 0.550. The third-order valence-corrected chi connectivity index (χ3v) is 6.72. The Labute approximate surface area is 172 Å². The highest BCUT2D eigenvalue weighted by molar-refractivity contribution is 7.98. The van der Waals surface area contributed by atoms with E-state index in [0.717, 1.165) is 33.1 Å². The fraction of sp³-hybridized carbons (Fsp3) is 0.227. The second kappa shape index (κ2) is 7.53. The predicted octanol–water partition coefficient (Wildman–Crippen LogP) is 5.87. The zero-order valence-electron chi connectivity index (χ0n) is 15.6. The summed E-state index contributed by atoms with van der Waals surface area (Å²) >= 11 is 3.40. The van der Waals surface area contributed by atoms with E-state index in [0.29, 0.717) is 5.92 Å². The van der Waals surface area contributed by atoms with E-state index in [9.17, 15) is 0 Å². The zero-order chi connectivity index (χ0) is 18.9. The average Bonchev–Trinajstić information content (AvgIpc) is 3.31. The highest BCUT2D eigenvalue weighted by atomic mass is 32.2. The second-order valence-corrected chi connectivity index (χ2v) is 8.89. The average molecular weight is 405 g/mol. The van der Waals surface area contributed by atoms with Crippen molar-refractivity contribution in [3.63, 3.8) is 0 Å². The Morgan fingerprint density at radius 3 is 2.57 bits per heavy atom. The van der Waals surface area contributed by atoms with E-state index in [4.69, 9.17) is 4.98 Å². The van der Waals surface area contributed by atoms with Crippen molar-refractivity contribution in [1.29, 1.82) is 0 Å². The van der Waals surface area contributed by atoms with E-state index in [1.54, 1.807) is 23.1 Å². The molecule has 1 aliphatic carbocycles. The van der Waals surface area contributed by atoms with Crippen LogP contribution in [0.2, 0.25) is 0 Å². The molecule has 28 heavy (non-hydrogen) atoms. The largest absolute Gasteiger partial charge is 0.274 e. The lowest BCUT2D eigenvalue weighted by atomic mass is 10.2. The molecule has 5 rings (SSSR count). The first-order valence-electron chi connectivity index (χ1n) is 9.43. The van der Waals surface area contributed by atoms with Gasteiger partial charge in [0.25, 0.3) is 0 Å². The first kappa shape index (κ1) is 17.6. The van der Waals surface area contributed by atoms with Crippen molar-refractivity contribution in [2.45, 2.75) is 36.6 Å². The van der Waals surface area contributed by atoms with Crippen LogP contribution in [0.5, 0.6) is 0 Å². The number of aryl methyl sites for hydroxylation is 1. The summed E-state index contributed by atoms with van der Waals surface area (Å²) in [6, 6.07) is 19.0. The van der Waals surface area contributed by atoms with Gasteiger partial charge in [-0.1, -0.05) is 59.8 Å². The molecule has 1 aliphatic rings. The van der Waals surface area contributed by atoms with E-state index >= 15 is 0 Å². The van der Waals surface area contributed by atoms with Gasteiger partial charge in [-0.25, -0.2) is 4.98 Å². The van der Waals surface area contributed by atoms with Crippen molar-refractivity contribution in [1.82, 2.24) is 19.7 Å². The van der Waals surface area contributed by atoms with Crippen LogP contribution in [0.4, 0.5) is 0 Å². The van der Waals surface area contributed by atoms with Gasteiger partial charge in [-0.05, 0) is 31.9 Å². The highest BCUT2D eigenvalue weighted by Gasteiger charge is 2.31. The van der Waals surface area contributed by atoms with Gasteiger partial charge in [0, 0.05) is 28.3 Å². The first-order chi connectivity index (χ1) is 13.8. The van der Waals surface area contributed by atoms with Crippen LogP contribution < -0.4 is 0 Å². The maximum absolute atomic E-state index is 4.82. The van der Waals surface area contributed by atoms with Gasteiger partial charge in [0.15, 0.2) is 5.16 Å². The Hall–Kier alpha value is -2.44. The normalized spacial score (nSPS) is 13.8. The monoisotopic (exact) mass is 404 g/mol. The number of para-hydroxylation sites is 1. The number of hydrogen-bond acceptors (Lipinski definition) is 5. The summed E-state index contributed by atoms with van der Waals surface area (Å²) in [5.74, 6) is 2.43. The molecule has 4 nitrogen and oxygen atoms in total. The van der Waals surface area contributed by atoms with Crippen LogP contribution in [0.3, 0.4) is 0 Å². The molecule has 2 aromatic heterocycles.